The summed E-state index contributed by atoms with van der Waals surface area (Å²) in [6.45, 7) is 3.88. The Bertz CT molecular complexity index is 314. The third kappa shape index (κ3) is 3.06. The van der Waals surface area contributed by atoms with E-state index < -0.39 is 0 Å². The summed E-state index contributed by atoms with van der Waals surface area (Å²) < 4.78 is 5.36. The van der Waals surface area contributed by atoms with Crippen LogP contribution in [-0.4, -0.2) is 19.3 Å². The quantitative estimate of drug-likeness (QED) is 0.846. The van der Waals surface area contributed by atoms with Crippen LogP contribution in [0.2, 0.25) is 0 Å². The Hall–Kier alpha value is -0.860. The molecule has 1 aromatic carbocycles. The van der Waals surface area contributed by atoms with E-state index in [1.54, 1.807) is 0 Å². The minimum Gasteiger partial charge on any atom is -0.381 e. The van der Waals surface area contributed by atoms with Crippen molar-refractivity contribution in [3.63, 3.8) is 0 Å². The predicted octanol–water partition coefficient (Wildman–Crippen LogP) is 2.29. The molecular formula is C14H21NO. The maximum Gasteiger partial charge on any atom is 0.0469 e. The molecule has 1 fully saturated rings. The van der Waals surface area contributed by atoms with Crippen LogP contribution in [0.5, 0.6) is 0 Å². The monoisotopic (exact) mass is 219 g/mol. The lowest BCUT2D eigenvalue weighted by molar-refractivity contribution is 0.0585. The van der Waals surface area contributed by atoms with Gasteiger partial charge in [-0.25, -0.2) is 0 Å². The molecule has 0 spiro atoms. The number of ether oxygens (including phenoxy) is 1. The van der Waals surface area contributed by atoms with Crippen LogP contribution in [0, 0.1) is 12.8 Å². The summed E-state index contributed by atoms with van der Waals surface area (Å²) in [5.41, 5.74) is 8.92. The van der Waals surface area contributed by atoms with E-state index in [1.807, 2.05) is 0 Å². The summed E-state index contributed by atoms with van der Waals surface area (Å²) in [6.07, 6.45) is 3.23. The highest BCUT2D eigenvalue weighted by atomic mass is 16.5. The van der Waals surface area contributed by atoms with Gasteiger partial charge in [-0.05, 0) is 37.7 Å². The van der Waals surface area contributed by atoms with Crippen LogP contribution >= 0.6 is 0 Å². The zero-order valence-corrected chi connectivity index (χ0v) is 9.99. The van der Waals surface area contributed by atoms with Gasteiger partial charge in [0.15, 0.2) is 0 Å². The standard InChI is InChI=1S/C14H21NO/c1-11-2-4-12(5-3-11)10-14(15)13-6-8-16-9-7-13/h2-5,13-14H,6-10,15H2,1H3. The molecule has 1 heterocycles. The summed E-state index contributed by atoms with van der Waals surface area (Å²) in [5, 5.41) is 0. The fraction of sp³-hybridized carbons (Fsp3) is 0.571. The van der Waals surface area contributed by atoms with E-state index >= 15 is 0 Å². The van der Waals surface area contributed by atoms with Gasteiger partial charge in [-0.1, -0.05) is 29.8 Å². The SMILES string of the molecule is Cc1ccc(CC(N)C2CCOCC2)cc1. The van der Waals surface area contributed by atoms with E-state index in [4.69, 9.17) is 10.5 Å². The largest absolute Gasteiger partial charge is 0.381 e. The average Bonchev–Trinajstić information content (AvgIpc) is 2.33. The maximum absolute atomic E-state index is 6.26. The van der Waals surface area contributed by atoms with Gasteiger partial charge in [-0.15, -0.1) is 0 Å². The van der Waals surface area contributed by atoms with Gasteiger partial charge in [0.05, 0.1) is 0 Å². The van der Waals surface area contributed by atoms with Crippen molar-refractivity contribution in [2.75, 3.05) is 13.2 Å². The first-order valence-electron chi connectivity index (χ1n) is 6.14. The highest BCUT2D eigenvalue weighted by Gasteiger charge is 2.20. The number of aryl methyl sites for hydroxylation is 1. The topological polar surface area (TPSA) is 35.2 Å². The van der Waals surface area contributed by atoms with Gasteiger partial charge in [-0.3, -0.25) is 0 Å². The van der Waals surface area contributed by atoms with E-state index in [0.717, 1.165) is 32.5 Å². The second kappa shape index (κ2) is 5.46. The smallest absolute Gasteiger partial charge is 0.0469 e. The minimum atomic E-state index is 0.284. The molecule has 0 bridgehead atoms. The van der Waals surface area contributed by atoms with Crippen LogP contribution < -0.4 is 5.73 Å². The Morgan fingerprint density at radius 2 is 1.88 bits per heavy atom. The van der Waals surface area contributed by atoms with Crippen molar-refractivity contribution < 1.29 is 4.74 Å². The van der Waals surface area contributed by atoms with Crippen molar-refractivity contribution in [3.8, 4) is 0 Å². The molecule has 0 radical (unpaired) electrons. The molecule has 1 saturated heterocycles. The molecule has 0 aliphatic carbocycles. The van der Waals surface area contributed by atoms with E-state index in [9.17, 15) is 0 Å². The van der Waals surface area contributed by atoms with Gasteiger partial charge in [0.2, 0.25) is 0 Å². The third-order valence-electron chi connectivity index (χ3n) is 3.46. The Labute approximate surface area is 97.8 Å². The predicted molar refractivity (Wildman–Crippen MR) is 66.4 cm³/mol. The molecule has 16 heavy (non-hydrogen) atoms. The fourth-order valence-electron chi connectivity index (χ4n) is 2.31. The van der Waals surface area contributed by atoms with Gasteiger partial charge in [0.1, 0.15) is 0 Å². The maximum atomic E-state index is 6.26. The Morgan fingerprint density at radius 3 is 2.50 bits per heavy atom. The molecule has 0 saturated carbocycles. The highest BCUT2D eigenvalue weighted by molar-refractivity contribution is 5.22. The summed E-state index contributed by atoms with van der Waals surface area (Å²) in [5.74, 6) is 0.634. The van der Waals surface area contributed by atoms with Crippen molar-refractivity contribution in [2.24, 2.45) is 11.7 Å². The molecule has 2 N–H and O–H groups in total. The van der Waals surface area contributed by atoms with Gasteiger partial charge < -0.3 is 10.5 Å². The van der Waals surface area contributed by atoms with Crippen molar-refractivity contribution in [3.05, 3.63) is 35.4 Å². The molecule has 2 heteroatoms. The molecule has 0 aromatic heterocycles. The first-order valence-corrected chi connectivity index (χ1v) is 6.14. The van der Waals surface area contributed by atoms with Crippen LogP contribution in [-0.2, 0) is 11.2 Å². The molecule has 1 aliphatic rings. The van der Waals surface area contributed by atoms with Gasteiger partial charge >= 0.3 is 0 Å². The van der Waals surface area contributed by atoms with Crippen molar-refractivity contribution in [2.45, 2.75) is 32.2 Å². The zero-order valence-electron chi connectivity index (χ0n) is 9.99. The summed E-state index contributed by atoms with van der Waals surface area (Å²) in [7, 11) is 0. The molecule has 1 aliphatic heterocycles. The van der Waals surface area contributed by atoms with Crippen LogP contribution in [0.3, 0.4) is 0 Å². The van der Waals surface area contributed by atoms with E-state index in [-0.39, 0.29) is 6.04 Å². The second-order valence-corrected chi connectivity index (χ2v) is 4.80. The van der Waals surface area contributed by atoms with E-state index in [2.05, 4.69) is 31.2 Å². The molecule has 0 amide bonds. The molecule has 2 rings (SSSR count). The summed E-state index contributed by atoms with van der Waals surface area (Å²) >= 11 is 0. The molecule has 1 aromatic rings. The molecule has 88 valence electrons. The van der Waals surface area contributed by atoms with E-state index in [1.165, 1.54) is 11.1 Å². The Morgan fingerprint density at radius 1 is 1.25 bits per heavy atom. The van der Waals surface area contributed by atoms with Crippen molar-refractivity contribution in [1.29, 1.82) is 0 Å². The zero-order chi connectivity index (χ0) is 11.4. The number of hydrogen-bond acceptors (Lipinski definition) is 2. The lowest BCUT2D eigenvalue weighted by Crippen LogP contribution is -2.36. The fourth-order valence-corrected chi connectivity index (χ4v) is 2.31. The van der Waals surface area contributed by atoms with Crippen LogP contribution in [0.15, 0.2) is 24.3 Å². The van der Waals surface area contributed by atoms with Gasteiger partial charge in [0.25, 0.3) is 0 Å². The lowest BCUT2D eigenvalue weighted by atomic mass is 9.88. The summed E-state index contributed by atoms with van der Waals surface area (Å²) in [4.78, 5) is 0. The first-order chi connectivity index (χ1) is 7.75. The lowest BCUT2D eigenvalue weighted by Gasteiger charge is -2.27. The first kappa shape index (κ1) is 11.6. The molecular weight excluding hydrogens is 198 g/mol. The van der Waals surface area contributed by atoms with Crippen molar-refractivity contribution in [1.82, 2.24) is 0 Å². The van der Waals surface area contributed by atoms with Crippen LogP contribution in [0.4, 0.5) is 0 Å². The number of nitrogens with two attached hydrogens (primary N) is 1. The van der Waals surface area contributed by atoms with Gasteiger partial charge in [-0.2, -0.15) is 0 Å². The van der Waals surface area contributed by atoms with Crippen molar-refractivity contribution >= 4 is 0 Å². The Balaban J connectivity index is 1.90. The molecule has 2 nitrogen and oxygen atoms in total. The van der Waals surface area contributed by atoms with Crippen LogP contribution in [0.1, 0.15) is 24.0 Å². The number of rotatable bonds is 3. The summed E-state index contributed by atoms with van der Waals surface area (Å²) in [6, 6.07) is 8.98. The molecule has 1 unspecified atom stereocenters. The molecule has 1 atom stereocenters. The van der Waals surface area contributed by atoms with E-state index in [0.29, 0.717) is 5.92 Å². The van der Waals surface area contributed by atoms with Crippen LogP contribution in [0.25, 0.3) is 0 Å². The Kier molecular flexibility index (Phi) is 3.97. The highest BCUT2D eigenvalue weighted by Crippen LogP contribution is 2.20. The minimum absolute atomic E-state index is 0.284. The number of benzene rings is 1. The third-order valence-corrected chi connectivity index (χ3v) is 3.46. The number of hydrogen-bond donors (Lipinski definition) is 1. The second-order valence-electron chi connectivity index (χ2n) is 4.80. The average molecular weight is 219 g/mol. The van der Waals surface area contributed by atoms with Gasteiger partial charge in [0, 0.05) is 19.3 Å². The normalized spacial score (nSPS) is 19.6.